The molecule has 24 heavy (non-hydrogen) atoms. The summed E-state index contributed by atoms with van der Waals surface area (Å²) in [6, 6.07) is 7.83. The number of aliphatic hydroxyl groups is 1. The quantitative estimate of drug-likeness (QED) is 0.367. The third-order valence-corrected chi connectivity index (χ3v) is 3.73. The summed E-state index contributed by atoms with van der Waals surface area (Å²) in [5.41, 5.74) is 1.99. The highest BCUT2D eigenvalue weighted by molar-refractivity contribution is 14.0. The number of aliphatic hydroxyl groups excluding tert-OH is 1. The van der Waals surface area contributed by atoms with Gasteiger partial charge in [0.05, 0.1) is 6.10 Å². The molecule has 1 saturated heterocycles. The van der Waals surface area contributed by atoms with Gasteiger partial charge in [-0.05, 0) is 37.5 Å². The van der Waals surface area contributed by atoms with Crippen LogP contribution in [-0.4, -0.2) is 54.2 Å². The molecule has 0 spiro atoms. The van der Waals surface area contributed by atoms with Crippen LogP contribution in [0.4, 0.5) is 5.69 Å². The van der Waals surface area contributed by atoms with E-state index in [9.17, 15) is 9.90 Å². The lowest BCUT2D eigenvalue weighted by Gasteiger charge is -2.20. The Morgan fingerprint density at radius 1 is 1.38 bits per heavy atom. The third kappa shape index (κ3) is 6.64. The fourth-order valence-corrected chi connectivity index (χ4v) is 2.61. The van der Waals surface area contributed by atoms with E-state index in [-0.39, 0.29) is 36.0 Å². The molecule has 1 aromatic rings. The maximum absolute atomic E-state index is 11.0. The first-order valence-electron chi connectivity index (χ1n) is 8.16. The van der Waals surface area contributed by atoms with Crippen LogP contribution < -0.4 is 10.6 Å². The van der Waals surface area contributed by atoms with Gasteiger partial charge in [-0.3, -0.25) is 9.79 Å². The molecule has 1 fully saturated rings. The predicted octanol–water partition coefficient (Wildman–Crippen LogP) is 1.84. The lowest BCUT2D eigenvalue weighted by Crippen LogP contribution is -2.40. The second-order valence-electron chi connectivity index (χ2n) is 5.75. The zero-order valence-corrected chi connectivity index (χ0v) is 16.6. The Hall–Kier alpha value is -1.35. The lowest BCUT2D eigenvalue weighted by molar-refractivity contribution is -0.114. The monoisotopic (exact) mass is 446 g/mol. The van der Waals surface area contributed by atoms with E-state index < -0.39 is 0 Å². The van der Waals surface area contributed by atoms with Gasteiger partial charge in [-0.25, -0.2) is 0 Å². The second-order valence-corrected chi connectivity index (χ2v) is 5.75. The van der Waals surface area contributed by atoms with Crippen molar-refractivity contribution in [1.82, 2.24) is 10.2 Å². The maximum atomic E-state index is 11.0. The Labute approximate surface area is 160 Å². The van der Waals surface area contributed by atoms with Crippen LogP contribution in [0.2, 0.25) is 0 Å². The number of aliphatic imine (C=N–C) groups is 1. The summed E-state index contributed by atoms with van der Waals surface area (Å²) in [7, 11) is 0. The topological polar surface area (TPSA) is 77.0 Å². The van der Waals surface area contributed by atoms with Crippen molar-refractivity contribution in [3.8, 4) is 0 Å². The zero-order chi connectivity index (χ0) is 16.7. The average Bonchev–Trinajstić information content (AvgIpc) is 2.94. The molecule has 1 aliphatic rings. The Balaban J connectivity index is 0.00000288. The molecule has 1 amide bonds. The molecule has 3 N–H and O–H groups in total. The summed E-state index contributed by atoms with van der Waals surface area (Å²) in [6.07, 6.45) is 1.39. The number of likely N-dealkylation sites (tertiary alicyclic amines) is 1. The van der Waals surface area contributed by atoms with Gasteiger partial charge in [0.25, 0.3) is 0 Å². The molecule has 0 unspecified atom stereocenters. The molecule has 0 saturated carbocycles. The fourth-order valence-electron chi connectivity index (χ4n) is 2.61. The van der Waals surface area contributed by atoms with Crippen LogP contribution >= 0.6 is 24.0 Å². The van der Waals surface area contributed by atoms with Gasteiger partial charge in [0.2, 0.25) is 5.91 Å². The Kier molecular flexibility index (Phi) is 9.05. The van der Waals surface area contributed by atoms with Gasteiger partial charge in [0.1, 0.15) is 0 Å². The van der Waals surface area contributed by atoms with Gasteiger partial charge in [-0.2, -0.15) is 0 Å². The summed E-state index contributed by atoms with van der Waals surface area (Å²) in [6.45, 7) is 6.55. The third-order valence-electron chi connectivity index (χ3n) is 3.73. The highest BCUT2D eigenvalue weighted by Gasteiger charge is 2.22. The average molecular weight is 446 g/mol. The van der Waals surface area contributed by atoms with Crippen molar-refractivity contribution in [1.29, 1.82) is 0 Å². The number of guanidine groups is 1. The summed E-state index contributed by atoms with van der Waals surface area (Å²) in [5.74, 6) is 0.810. The van der Waals surface area contributed by atoms with Crippen molar-refractivity contribution in [3.63, 3.8) is 0 Å². The number of carbonyl (C=O) groups excluding carboxylic acids is 1. The van der Waals surface area contributed by atoms with Crippen LogP contribution in [0.25, 0.3) is 0 Å². The van der Waals surface area contributed by atoms with E-state index in [0.717, 1.165) is 37.6 Å². The molecule has 6 nitrogen and oxygen atoms in total. The number of halogens is 1. The first kappa shape index (κ1) is 20.7. The van der Waals surface area contributed by atoms with Crippen LogP contribution in [0.5, 0.6) is 0 Å². The largest absolute Gasteiger partial charge is 0.391 e. The van der Waals surface area contributed by atoms with E-state index in [1.807, 2.05) is 31.2 Å². The predicted molar refractivity (Wildman–Crippen MR) is 108 cm³/mol. The summed E-state index contributed by atoms with van der Waals surface area (Å²) in [5, 5.41) is 15.7. The number of hydrogen-bond donors (Lipinski definition) is 3. The highest BCUT2D eigenvalue weighted by Crippen LogP contribution is 2.11. The minimum Gasteiger partial charge on any atom is -0.391 e. The molecule has 0 aromatic heterocycles. The molecule has 0 aliphatic carbocycles. The molecule has 1 aromatic carbocycles. The number of carbonyl (C=O) groups is 1. The summed E-state index contributed by atoms with van der Waals surface area (Å²) >= 11 is 0. The second kappa shape index (κ2) is 10.5. The molecular formula is C17H27IN4O2. The molecule has 7 heteroatoms. The van der Waals surface area contributed by atoms with Crippen molar-refractivity contribution >= 4 is 41.5 Å². The van der Waals surface area contributed by atoms with E-state index in [1.54, 1.807) is 0 Å². The molecule has 0 bridgehead atoms. The van der Waals surface area contributed by atoms with E-state index in [1.165, 1.54) is 12.5 Å². The van der Waals surface area contributed by atoms with Gasteiger partial charge >= 0.3 is 0 Å². The van der Waals surface area contributed by atoms with Gasteiger partial charge in [0, 0.05) is 38.8 Å². The van der Waals surface area contributed by atoms with E-state index in [4.69, 9.17) is 0 Å². The molecule has 134 valence electrons. The van der Waals surface area contributed by atoms with Crippen molar-refractivity contribution in [3.05, 3.63) is 29.8 Å². The Morgan fingerprint density at radius 3 is 2.62 bits per heavy atom. The highest BCUT2D eigenvalue weighted by atomic mass is 127. The number of hydrogen-bond acceptors (Lipinski definition) is 3. The molecule has 1 heterocycles. The van der Waals surface area contributed by atoms with E-state index in [0.29, 0.717) is 13.1 Å². The number of anilines is 1. The Morgan fingerprint density at radius 2 is 2.08 bits per heavy atom. The van der Waals surface area contributed by atoms with Crippen LogP contribution in [0.15, 0.2) is 29.3 Å². The lowest BCUT2D eigenvalue weighted by atomic mass is 10.1. The molecule has 1 atom stereocenters. The van der Waals surface area contributed by atoms with E-state index >= 15 is 0 Å². The normalized spacial score (nSPS) is 17.4. The van der Waals surface area contributed by atoms with Crippen LogP contribution in [0.1, 0.15) is 25.8 Å². The number of nitrogens with zero attached hydrogens (tertiary/aromatic N) is 2. The molecule has 1 aliphatic heterocycles. The van der Waals surface area contributed by atoms with Gasteiger partial charge in [-0.1, -0.05) is 12.1 Å². The van der Waals surface area contributed by atoms with Gasteiger partial charge in [0.15, 0.2) is 5.96 Å². The van der Waals surface area contributed by atoms with Crippen molar-refractivity contribution < 1.29 is 9.90 Å². The molecular weight excluding hydrogens is 419 g/mol. The fraction of sp³-hybridized carbons (Fsp3) is 0.529. The van der Waals surface area contributed by atoms with Crippen LogP contribution in [0, 0.1) is 0 Å². The maximum Gasteiger partial charge on any atom is 0.221 e. The standard InChI is InChI=1S/C17H26N4O2.HI/c1-3-18-17(21-11-9-16(23)12-21)19-10-8-14-4-6-15(7-5-14)20-13(2)22;/h4-7,16,23H,3,8-12H2,1-2H3,(H,18,19)(H,20,22);1H/t16-;/m1./s1. The summed E-state index contributed by atoms with van der Waals surface area (Å²) in [4.78, 5) is 17.7. The minimum atomic E-state index is -0.250. The minimum absolute atomic E-state index is 0. The molecule has 2 rings (SSSR count). The van der Waals surface area contributed by atoms with Gasteiger partial charge < -0.3 is 20.6 Å². The smallest absolute Gasteiger partial charge is 0.221 e. The van der Waals surface area contributed by atoms with Crippen LogP contribution in [0.3, 0.4) is 0 Å². The number of amides is 1. The van der Waals surface area contributed by atoms with Crippen molar-refractivity contribution in [2.75, 3.05) is 31.5 Å². The number of benzene rings is 1. The SMILES string of the molecule is CCNC(=NCCc1ccc(NC(C)=O)cc1)N1CC[C@@H](O)C1.I. The summed E-state index contributed by atoms with van der Waals surface area (Å²) < 4.78 is 0. The first-order valence-corrected chi connectivity index (χ1v) is 8.16. The van der Waals surface area contributed by atoms with Crippen LogP contribution in [-0.2, 0) is 11.2 Å². The van der Waals surface area contributed by atoms with Crippen molar-refractivity contribution in [2.45, 2.75) is 32.8 Å². The van der Waals surface area contributed by atoms with E-state index in [2.05, 4.69) is 20.5 Å². The molecule has 0 radical (unpaired) electrons. The van der Waals surface area contributed by atoms with Crippen molar-refractivity contribution in [2.24, 2.45) is 4.99 Å². The number of β-amino-alcohol motifs (C(OH)–C–C–N with tert-alkyl or cyclic N) is 1. The Bertz CT molecular complexity index is 548. The van der Waals surface area contributed by atoms with Gasteiger partial charge in [-0.15, -0.1) is 24.0 Å². The zero-order valence-electron chi connectivity index (χ0n) is 14.3. The number of nitrogens with one attached hydrogen (secondary N) is 2. The first-order chi connectivity index (χ1) is 11.1. The number of rotatable bonds is 5.